The first-order valence-electron chi connectivity index (χ1n) is 7.22. The Balaban J connectivity index is 1.62. The molecule has 114 valence electrons. The van der Waals surface area contributed by atoms with Crippen molar-refractivity contribution in [3.05, 3.63) is 27.9 Å². The fourth-order valence-electron chi connectivity index (χ4n) is 3.06. The van der Waals surface area contributed by atoms with Gasteiger partial charge in [0.05, 0.1) is 0 Å². The summed E-state index contributed by atoms with van der Waals surface area (Å²) >= 11 is 0. The van der Waals surface area contributed by atoms with E-state index < -0.39 is 4.92 Å². The van der Waals surface area contributed by atoms with Crippen LogP contribution >= 0.6 is 0 Å². The highest BCUT2D eigenvalue weighted by molar-refractivity contribution is 5.93. The SMILES string of the molecule is O=C(c1ccc([N+](=O)[O-])[nH]1)N1CCC(N2CCNCC2)C1. The molecule has 0 aliphatic carbocycles. The lowest BCUT2D eigenvalue weighted by molar-refractivity contribution is -0.389. The van der Waals surface area contributed by atoms with E-state index in [1.807, 2.05) is 0 Å². The number of nitrogens with zero attached hydrogens (tertiary/aromatic N) is 3. The van der Waals surface area contributed by atoms with Crippen LogP contribution in [-0.2, 0) is 0 Å². The Labute approximate surface area is 122 Å². The minimum atomic E-state index is -0.524. The third-order valence-corrected chi connectivity index (χ3v) is 4.22. The molecule has 3 heterocycles. The maximum Gasteiger partial charge on any atom is 0.321 e. The van der Waals surface area contributed by atoms with Gasteiger partial charge in [-0.15, -0.1) is 0 Å². The molecule has 2 aliphatic heterocycles. The summed E-state index contributed by atoms with van der Waals surface area (Å²) in [6.45, 7) is 5.42. The van der Waals surface area contributed by atoms with Crippen LogP contribution < -0.4 is 5.32 Å². The molecule has 1 unspecified atom stereocenters. The molecule has 1 aromatic rings. The van der Waals surface area contributed by atoms with Gasteiger partial charge >= 0.3 is 5.82 Å². The Morgan fingerprint density at radius 3 is 2.71 bits per heavy atom. The van der Waals surface area contributed by atoms with E-state index in [4.69, 9.17) is 0 Å². The zero-order valence-corrected chi connectivity index (χ0v) is 11.7. The van der Waals surface area contributed by atoms with Gasteiger partial charge in [-0.25, -0.2) is 4.98 Å². The minimum Gasteiger partial charge on any atom is -0.358 e. The van der Waals surface area contributed by atoms with Gasteiger partial charge in [0.15, 0.2) is 5.69 Å². The predicted molar refractivity (Wildman–Crippen MR) is 76.2 cm³/mol. The van der Waals surface area contributed by atoms with Crippen molar-refractivity contribution in [3.63, 3.8) is 0 Å². The fourth-order valence-corrected chi connectivity index (χ4v) is 3.06. The van der Waals surface area contributed by atoms with Crippen LogP contribution in [0.2, 0.25) is 0 Å². The van der Waals surface area contributed by atoms with Crippen LogP contribution in [0.1, 0.15) is 16.9 Å². The maximum atomic E-state index is 12.4. The molecule has 2 aliphatic rings. The normalized spacial score (nSPS) is 23.4. The molecule has 21 heavy (non-hydrogen) atoms. The summed E-state index contributed by atoms with van der Waals surface area (Å²) < 4.78 is 0. The van der Waals surface area contributed by atoms with Gasteiger partial charge in [-0.3, -0.25) is 9.69 Å². The number of carbonyl (C=O) groups excluding carboxylic acids is 1. The Morgan fingerprint density at radius 2 is 2.05 bits per heavy atom. The Kier molecular flexibility index (Phi) is 3.89. The highest BCUT2D eigenvalue weighted by atomic mass is 16.6. The lowest BCUT2D eigenvalue weighted by Crippen LogP contribution is -2.49. The number of piperazine rings is 1. The van der Waals surface area contributed by atoms with Gasteiger partial charge in [0.25, 0.3) is 5.91 Å². The summed E-state index contributed by atoms with van der Waals surface area (Å²) in [4.78, 5) is 29.2. The van der Waals surface area contributed by atoms with E-state index in [0.717, 1.165) is 32.6 Å². The van der Waals surface area contributed by atoms with Gasteiger partial charge in [0.2, 0.25) is 0 Å². The molecule has 0 radical (unpaired) electrons. The Morgan fingerprint density at radius 1 is 1.29 bits per heavy atom. The molecule has 1 amide bonds. The van der Waals surface area contributed by atoms with Crippen molar-refractivity contribution in [1.29, 1.82) is 0 Å². The molecule has 8 nitrogen and oxygen atoms in total. The van der Waals surface area contributed by atoms with Crippen LogP contribution in [0.25, 0.3) is 0 Å². The van der Waals surface area contributed by atoms with E-state index in [0.29, 0.717) is 24.8 Å². The summed E-state index contributed by atoms with van der Waals surface area (Å²) in [6, 6.07) is 3.22. The van der Waals surface area contributed by atoms with E-state index in [2.05, 4.69) is 15.2 Å². The molecule has 1 aromatic heterocycles. The number of nitro groups is 1. The zero-order chi connectivity index (χ0) is 14.8. The highest BCUT2D eigenvalue weighted by Crippen LogP contribution is 2.19. The van der Waals surface area contributed by atoms with Gasteiger partial charge < -0.3 is 20.3 Å². The topological polar surface area (TPSA) is 94.5 Å². The van der Waals surface area contributed by atoms with Gasteiger partial charge in [-0.1, -0.05) is 0 Å². The summed E-state index contributed by atoms with van der Waals surface area (Å²) in [5.41, 5.74) is 0.294. The number of nitrogens with one attached hydrogen (secondary N) is 2. The molecule has 0 spiro atoms. The smallest absolute Gasteiger partial charge is 0.321 e. The third-order valence-electron chi connectivity index (χ3n) is 4.22. The number of likely N-dealkylation sites (tertiary alicyclic amines) is 1. The molecule has 2 saturated heterocycles. The van der Waals surface area contributed by atoms with E-state index in [1.54, 1.807) is 4.90 Å². The van der Waals surface area contributed by atoms with E-state index >= 15 is 0 Å². The zero-order valence-electron chi connectivity index (χ0n) is 11.7. The predicted octanol–water partition coefficient (Wildman–Crippen LogP) is 0.0426. The van der Waals surface area contributed by atoms with Crippen molar-refractivity contribution in [2.75, 3.05) is 39.3 Å². The quantitative estimate of drug-likeness (QED) is 0.606. The number of rotatable bonds is 3. The number of aromatic amines is 1. The highest BCUT2D eigenvalue weighted by Gasteiger charge is 2.32. The van der Waals surface area contributed by atoms with Crippen LogP contribution in [0.15, 0.2) is 12.1 Å². The average Bonchev–Trinajstić information content (AvgIpc) is 3.17. The monoisotopic (exact) mass is 293 g/mol. The van der Waals surface area contributed by atoms with Crippen molar-refractivity contribution in [2.24, 2.45) is 0 Å². The van der Waals surface area contributed by atoms with Gasteiger partial charge in [-0.2, -0.15) is 0 Å². The van der Waals surface area contributed by atoms with Crippen molar-refractivity contribution >= 4 is 11.7 Å². The van der Waals surface area contributed by atoms with Gasteiger partial charge in [0.1, 0.15) is 0 Å². The molecule has 2 fully saturated rings. The summed E-state index contributed by atoms with van der Waals surface area (Å²) in [5.74, 6) is -0.295. The average molecular weight is 293 g/mol. The van der Waals surface area contributed by atoms with Gasteiger partial charge in [0, 0.05) is 51.4 Å². The van der Waals surface area contributed by atoms with Crippen molar-refractivity contribution < 1.29 is 9.72 Å². The number of hydrogen-bond acceptors (Lipinski definition) is 5. The molecule has 1 atom stereocenters. The molecule has 3 rings (SSSR count). The van der Waals surface area contributed by atoms with Crippen LogP contribution in [-0.4, -0.2) is 70.9 Å². The van der Waals surface area contributed by atoms with Crippen LogP contribution in [0.4, 0.5) is 5.82 Å². The van der Waals surface area contributed by atoms with Crippen LogP contribution in [0.5, 0.6) is 0 Å². The second kappa shape index (κ2) is 5.82. The third kappa shape index (κ3) is 2.91. The molecule has 8 heteroatoms. The molecular formula is C13H19N5O3. The lowest BCUT2D eigenvalue weighted by Gasteiger charge is -2.32. The summed E-state index contributed by atoms with van der Waals surface area (Å²) in [5, 5.41) is 14.0. The molecule has 2 N–H and O–H groups in total. The first-order valence-corrected chi connectivity index (χ1v) is 7.22. The van der Waals surface area contributed by atoms with E-state index in [-0.39, 0.29) is 11.7 Å². The van der Waals surface area contributed by atoms with Crippen molar-refractivity contribution in [1.82, 2.24) is 20.1 Å². The molecule has 0 aromatic carbocycles. The molecular weight excluding hydrogens is 274 g/mol. The number of amides is 1. The van der Waals surface area contributed by atoms with Crippen LogP contribution in [0, 0.1) is 10.1 Å². The fraction of sp³-hybridized carbons (Fsp3) is 0.615. The van der Waals surface area contributed by atoms with Gasteiger partial charge in [-0.05, 0) is 17.4 Å². The van der Waals surface area contributed by atoms with E-state index in [9.17, 15) is 14.9 Å². The first-order chi connectivity index (χ1) is 10.1. The number of aromatic nitrogens is 1. The Hall–Kier alpha value is -1.93. The first kappa shape index (κ1) is 14.0. The van der Waals surface area contributed by atoms with E-state index in [1.165, 1.54) is 12.1 Å². The van der Waals surface area contributed by atoms with Crippen molar-refractivity contribution in [3.8, 4) is 0 Å². The second-order valence-corrected chi connectivity index (χ2v) is 5.49. The van der Waals surface area contributed by atoms with Crippen molar-refractivity contribution in [2.45, 2.75) is 12.5 Å². The summed E-state index contributed by atoms with van der Waals surface area (Å²) in [6.07, 6.45) is 0.967. The second-order valence-electron chi connectivity index (χ2n) is 5.49. The standard InChI is InChI=1S/C13H19N5O3/c19-13(11-1-2-12(15-11)18(20)21)17-6-3-10(9-17)16-7-4-14-5-8-16/h1-2,10,14-15H,3-9H2. The maximum absolute atomic E-state index is 12.4. The molecule has 0 saturated carbocycles. The molecule has 0 bridgehead atoms. The number of carbonyl (C=O) groups is 1. The Bertz CT molecular complexity index is 538. The number of hydrogen-bond donors (Lipinski definition) is 2. The number of H-pyrrole nitrogens is 1. The minimum absolute atomic E-state index is 0.142. The van der Waals surface area contributed by atoms with Crippen LogP contribution in [0.3, 0.4) is 0 Å². The summed E-state index contributed by atoms with van der Waals surface area (Å²) in [7, 11) is 0. The largest absolute Gasteiger partial charge is 0.358 e. The lowest BCUT2D eigenvalue weighted by atomic mass is 10.2.